The van der Waals surface area contributed by atoms with Gasteiger partial charge >= 0.3 is 6.03 Å². The van der Waals surface area contributed by atoms with Gasteiger partial charge in [0.2, 0.25) is 0 Å². The highest BCUT2D eigenvalue weighted by atomic mass is 16.2. The van der Waals surface area contributed by atoms with E-state index in [9.17, 15) is 9.59 Å². The Kier molecular flexibility index (Phi) is 4.66. The van der Waals surface area contributed by atoms with Crippen molar-refractivity contribution >= 4 is 17.5 Å². The lowest BCUT2D eigenvalue weighted by molar-refractivity contribution is 0.101. The fraction of sp³-hybridized carbons (Fsp3) is 0.188. The predicted molar refractivity (Wildman–Crippen MR) is 81.3 cm³/mol. The monoisotopic (exact) mass is 283 g/mol. The highest BCUT2D eigenvalue weighted by Gasteiger charge is 2.10. The van der Waals surface area contributed by atoms with Crippen molar-refractivity contribution in [3.05, 3.63) is 59.9 Å². The minimum Gasteiger partial charge on any atom is -0.330 e. The molecule has 0 spiro atoms. The molecule has 0 fully saturated rings. The summed E-state index contributed by atoms with van der Waals surface area (Å²) in [7, 11) is 0. The number of anilines is 1. The number of benzene rings is 1. The minimum absolute atomic E-state index is 0.0408. The maximum absolute atomic E-state index is 11.9. The van der Waals surface area contributed by atoms with Crippen LogP contribution in [0.4, 0.5) is 10.5 Å². The molecule has 21 heavy (non-hydrogen) atoms. The smallest absolute Gasteiger partial charge is 0.319 e. The number of amides is 2. The lowest BCUT2D eigenvalue weighted by Crippen LogP contribution is -2.31. The largest absolute Gasteiger partial charge is 0.330 e. The summed E-state index contributed by atoms with van der Waals surface area (Å²) in [5, 5.41) is 5.50. The number of pyridine rings is 1. The molecular formula is C16H17N3O2. The van der Waals surface area contributed by atoms with Gasteiger partial charge in [0.15, 0.2) is 5.78 Å². The van der Waals surface area contributed by atoms with Crippen molar-refractivity contribution in [2.45, 2.75) is 19.9 Å². The second kappa shape index (κ2) is 6.65. The molecular weight excluding hydrogens is 266 g/mol. The van der Waals surface area contributed by atoms with E-state index in [-0.39, 0.29) is 17.9 Å². The number of nitrogens with zero attached hydrogens (tertiary/aromatic N) is 1. The highest BCUT2D eigenvalue weighted by Crippen LogP contribution is 2.12. The van der Waals surface area contributed by atoms with Crippen LogP contribution in [0.25, 0.3) is 0 Å². The van der Waals surface area contributed by atoms with E-state index in [4.69, 9.17) is 0 Å². The summed E-state index contributed by atoms with van der Waals surface area (Å²) in [5.41, 5.74) is 1.92. The van der Waals surface area contributed by atoms with Crippen molar-refractivity contribution in [2.75, 3.05) is 5.32 Å². The van der Waals surface area contributed by atoms with E-state index >= 15 is 0 Å². The van der Waals surface area contributed by atoms with Gasteiger partial charge in [-0.15, -0.1) is 0 Å². The van der Waals surface area contributed by atoms with Crippen molar-refractivity contribution in [2.24, 2.45) is 0 Å². The summed E-state index contributed by atoms with van der Waals surface area (Å²) in [4.78, 5) is 27.4. The molecule has 2 aromatic rings. The second-order valence-electron chi connectivity index (χ2n) is 4.71. The molecule has 1 aromatic carbocycles. The predicted octanol–water partition coefficient (Wildman–Crippen LogP) is 3.17. The molecule has 2 N–H and O–H groups in total. The first-order valence-corrected chi connectivity index (χ1v) is 6.65. The van der Waals surface area contributed by atoms with E-state index in [1.807, 2.05) is 25.1 Å². The topological polar surface area (TPSA) is 71.1 Å². The average molecular weight is 283 g/mol. The molecule has 0 bridgehead atoms. The quantitative estimate of drug-likeness (QED) is 0.847. The fourth-order valence-corrected chi connectivity index (χ4v) is 1.89. The number of Topliss-reactive ketones (excluding diaryl/α,β-unsaturated/α-hetero) is 1. The first kappa shape index (κ1) is 14.7. The molecule has 0 aliphatic carbocycles. The maximum Gasteiger partial charge on any atom is 0.319 e. The zero-order valence-corrected chi connectivity index (χ0v) is 12.0. The van der Waals surface area contributed by atoms with Crippen LogP contribution >= 0.6 is 0 Å². The molecule has 5 heteroatoms. The minimum atomic E-state index is -0.339. The molecule has 2 rings (SSSR count). The first-order chi connectivity index (χ1) is 10.1. The van der Waals surface area contributed by atoms with E-state index in [0.717, 1.165) is 5.69 Å². The van der Waals surface area contributed by atoms with Crippen LogP contribution in [0.2, 0.25) is 0 Å². The normalized spacial score (nSPS) is 11.5. The Morgan fingerprint density at radius 1 is 1.14 bits per heavy atom. The first-order valence-electron chi connectivity index (χ1n) is 6.65. The summed E-state index contributed by atoms with van der Waals surface area (Å²) in [6, 6.07) is 11.8. The third-order valence-electron chi connectivity index (χ3n) is 3.01. The molecule has 0 aliphatic heterocycles. The van der Waals surface area contributed by atoms with E-state index in [2.05, 4.69) is 15.6 Å². The third kappa shape index (κ3) is 4.14. The summed E-state index contributed by atoms with van der Waals surface area (Å²) in [6.07, 6.45) is 1.68. The maximum atomic E-state index is 11.9. The van der Waals surface area contributed by atoms with Crippen molar-refractivity contribution in [1.82, 2.24) is 10.3 Å². The van der Waals surface area contributed by atoms with E-state index < -0.39 is 0 Å². The summed E-state index contributed by atoms with van der Waals surface area (Å²) in [5.74, 6) is -0.0408. The van der Waals surface area contributed by atoms with Crippen LogP contribution in [-0.4, -0.2) is 16.8 Å². The number of ketones is 1. The van der Waals surface area contributed by atoms with Gasteiger partial charge in [-0.1, -0.05) is 18.2 Å². The zero-order valence-electron chi connectivity index (χ0n) is 12.0. The van der Waals surface area contributed by atoms with Crippen LogP contribution in [0.5, 0.6) is 0 Å². The molecule has 2 amide bonds. The van der Waals surface area contributed by atoms with Gasteiger partial charge in [-0.3, -0.25) is 9.78 Å². The Hall–Kier alpha value is -2.69. The molecule has 0 radical (unpaired) electrons. The third-order valence-corrected chi connectivity index (χ3v) is 3.01. The number of urea groups is 1. The second-order valence-corrected chi connectivity index (χ2v) is 4.71. The number of rotatable bonds is 4. The van der Waals surface area contributed by atoms with Crippen molar-refractivity contribution in [1.29, 1.82) is 0 Å². The van der Waals surface area contributed by atoms with Crippen molar-refractivity contribution < 1.29 is 9.59 Å². The Labute approximate surface area is 123 Å². The van der Waals surface area contributed by atoms with Crippen LogP contribution in [0.3, 0.4) is 0 Å². The molecule has 108 valence electrons. The Morgan fingerprint density at radius 3 is 2.62 bits per heavy atom. The molecule has 1 aromatic heterocycles. The van der Waals surface area contributed by atoms with Crippen LogP contribution < -0.4 is 10.6 Å². The molecule has 1 atom stereocenters. The Balaban J connectivity index is 1.99. The number of carbonyl (C=O) groups excluding carboxylic acids is 2. The van der Waals surface area contributed by atoms with Gasteiger partial charge < -0.3 is 10.6 Å². The van der Waals surface area contributed by atoms with Gasteiger partial charge in [0, 0.05) is 17.4 Å². The van der Waals surface area contributed by atoms with Gasteiger partial charge in [-0.05, 0) is 38.1 Å². The number of carbonyl (C=O) groups is 2. The van der Waals surface area contributed by atoms with Crippen molar-refractivity contribution in [3.8, 4) is 0 Å². The molecule has 0 saturated carbocycles. The number of hydrogen-bond acceptors (Lipinski definition) is 3. The SMILES string of the molecule is CC(=O)c1cccc(NC(=O)N[C@@H](C)c2ccccn2)c1. The molecule has 0 unspecified atom stereocenters. The number of aromatic nitrogens is 1. The van der Waals surface area contributed by atoms with Crippen LogP contribution in [-0.2, 0) is 0 Å². The van der Waals surface area contributed by atoms with E-state index in [1.54, 1.807) is 30.5 Å². The summed E-state index contributed by atoms with van der Waals surface area (Å²) >= 11 is 0. The van der Waals surface area contributed by atoms with Gasteiger partial charge in [-0.2, -0.15) is 0 Å². The number of hydrogen-bond donors (Lipinski definition) is 2. The van der Waals surface area contributed by atoms with Gasteiger partial charge in [0.05, 0.1) is 11.7 Å². The Morgan fingerprint density at radius 2 is 1.95 bits per heavy atom. The summed E-state index contributed by atoms with van der Waals surface area (Å²) < 4.78 is 0. The van der Waals surface area contributed by atoms with Crippen molar-refractivity contribution in [3.63, 3.8) is 0 Å². The average Bonchev–Trinajstić information content (AvgIpc) is 2.48. The fourth-order valence-electron chi connectivity index (χ4n) is 1.89. The summed E-state index contributed by atoms with van der Waals surface area (Å²) in [6.45, 7) is 3.34. The Bertz CT molecular complexity index is 641. The lowest BCUT2D eigenvalue weighted by Gasteiger charge is -2.14. The van der Waals surface area contributed by atoms with Crippen LogP contribution in [0.1, 0.15) is 35.9 Å². The number of nitrogens with one attached hydrogen (secondary N) is 2. The van der Waals surface area contributed by atoms with E-state index in [0.29, 0.717) is 11.3 Å². The van der Waals surface area contributed by atoms with Gasteiger partial charge in [-0.25, -0.2) is 4.79 Å². The highest BCUT2D eigenvalue weighted by molar-refractivity contribution is 5.96. The standard InChI is InChI=1S/C16H17N3O2/c1-11(15-8-3-4-9-17-15)18-16(21)19-14-7-5-6-13(10-14)12(2)20/h3-11H,1-2H3,(H2,18,19,21)/t11-/m0/s1. The van der Waals surface area contributed by atoms with Gasteiger partial charge in [0.1, 0.15) is 0 Å². The zero-order chi connectivity index (χ0) is 15.2. The molecule has 0 saturated heterocycles. The molecule has 1 heterocycles. The lowest BCUT2D eigenvalue weighted by atomic mass is 10.1. The molecule has 0 aliphatic rings. The van der Waals surface area contributed by atoms with E-state index in [1.165, 1.54) is 6.92 Å². The van der Waals surface area contributed by atoms with Crippen LogP contribution in [0.15, 0.2) is 48.7 Å². The molecule has 5 nitrogen and oxygen atoms in total. The van der Waals surface area contributed by atoms with Crippen LogP contribution in [0, 0.1) is 0 Å². The van der Waals surface area contributed by atoms with Gasteiger partial charge in [0.25, 0.3) is 0 Å².